The standard InChI is InChI=1S/C20H35NO16/c1-5(25)21-9-12(28)10(26)6(2-22)34-19(9)36-16-8(4-24)35-20(14(30)13(16)29)37-17-11(27)7(3-23)33-18(32)15(17)31/h6-20,22-24,26-32H,2-4H2,1H3,(H,21,25)/t6-,7-,8-,9-,10-,11-,12-,13-,14+,15+,16-,17+,18?,19+,20-/m1/s1. The normalized spacial score (nSPS) is 49.0. The van der Waals surface area contributed by atoms with Gasteiger partial charge >= 0.3 is 0 Å². The maximum Gasteiger partial charge on any atom is 0.217 e. The van der Waals surface area contributed by atoms with E-state index in [1.54, 1.807) is 0 Å². The molecular weight excluding hydrogens is 510 g/mol. The van der Waals surface area contributed by atoms with Crippen LogP contribution in [-0.2, 0) is 28.5 Å². The predicted molar refractivity (Wildman–Crippen MR) is 113 cm³/mol. The van der Waals surface area contributed by atoms with Crippen molar-refractivity contribution < 1.29 is 79.5 Å². The lowest BCUT2D eigenvalue weighted by Gasteiger charge is -2.48. The Kier molecular flexibility index (Phi) is 10.5. The summed E-state index contributed by atoms with van der Waals surface area (Å²) in [5.74, 6) is -0.638. The van der Waals surface area contributed by atoms with E-state index >= 15 is 0 Å². The molecule has 37 heavy (non-hydrogen) atoms. The molecule has 17 heteroatoms. The summed E-state index contributed by atoms with van der Waals surface area (Å²) in [7, 11) is 0. The van der Waals surface area contributed by atoms with E-state index in [9.17, 15) is 55.9 Å². The maximum atomic E-state index is 11.6. The molecule has 3 heterocycles. The fraction of sp³-hybridized carbons (Fsp3) is 0.950. The van der Waals surface area contributed by atoms with Gasteiger partial charge in [0.15, 0.2) is 18.9 Å². The molecule has 3 aliphatic rings. The second kappa shape index (κ2) is 12.8. The Morgan fingerprint density at radius 2 is 1.19 bits per heavy atom. The number of carbonyl (C=O) groups excluding carboxylic acids is 1. The molecule has 3 rings (SSSR count). The molecule has 3 saturated heterocycles. The summed E-state index contributed by atoms with van der Waals surface area (Å²) in [5.41, 5.74) is 0. The summed E-state index contributed by atoms with van der Waals surface area (Å²) in [5, 5.41) is 103. The molecule has 3 aliphatic heterocycles. The Morgan fingerprint density at radius 3 is 1.76 bits per heavy atom. The first-order valence-electron chi connectivity index (χ1n) is 11.6. The SMILES string of the molecule is CC(=O)N[C@H]1[C@H](O[C@H]2[C@H](O)[C@H](O)[C@@H](O[C@H]3[C@H](O)[C@@H](CO)OC(O)[C@H]3O)O[C@@H]2CO)O[C@H](CO)[C@@H](O)[C@@H]1O. The van der Waals surface area contributed by atoms with Crippen molar-refractivity contribution in [1.29, 1.82) is 0 Å². The van der Waals surface area contributed by atoms with Crippen LogP contribution in [0.3, 0.4) is 0 Å². The number of aliphatic hydroxyl groups is 10. The summed E-state index contributed by atoms with van der Waals surface area (Å²) in [6, 6.07) is -1.39. The summed E-state index contributed by atoms with van der Waals surface area (Å²) >= 11 is 0. The minimum atomic E-state index is -1.94. The lowest BCUT2D eigenvalue weighted by atomic mass is 9.95. The van der Waals surface area contributed by atoms with Gasteiger partial charge in [0, 0.05) is 6.92 Å². The van der Waals surface area contributed by atoms with Crippen LogP contribution in [0.4, 0.5) is 0 Å². The number of nitrogens with one attached hydrogen (secondary N) is 1. The van der Waals surface area contributed by atoms with Crippen LogP contribution in [0.25, 0.3) is 0 Å². The number of hydrogen-bond donors (Lipinski definition) is 11. The largest absolute Gasteiger partial charge is 0.394 e. The Labute approximate surface area is 210 Å². The molecule has 216 valence electrons. The van der Waals surface area contributed by atoms with Crippen molar-refractivity contribution in [3.05, 3.63) is 0 Å². The van der Waals surface area contributed by atoms with E-state index in [4.69, 9.17) is 23.7 Å². The Balaban J connectivity index is 1.77. The van der Waals surface area contributed by atoms with Crippen LogP contribution in [0.1, 0.15) is 6.92 Å². The van der Waals surface area contributed by atoms with E-state index in [1.165, 1.54) is 0 Å². The third-order valence-corrected chi connectivity index (χ3v) is 6.49. The van der Waals surface area contributed by atoms with Crippen LogP contribution < -0.4 is 5.32 Å². The minimum Gasteiger partial charge on any atom is -0.394 e. The van der Waals surface area contributed by atoms with Crippen LogP contribution in [0, 0.1) is 0 Å². The average Bonchev–Trinajstić information content (AvgIpc) is 2.87. The quantitative estimate of drug-likeness (QED) is 0.135. The first-order valence-corrected chi connectivity index (χ1v) is 11.6. The van der Waals surface area contributed by atoms with Crippen molar-refractivity contribution in [3.8, 4) is 0 Å². The summed E-state index contributed by atoms with van der Waals surface area (Å²) in [6.07, 6.45) is -23.3. The average molecular weight is 545 g/mol. The third kappa shape index (κ3) is 6.38. The Hall–Kier alpha value is -1.13. The highest BCUT2D eigenvalue weighted by Gasteiger charge is 2.53. The van der Waals surface area contributed by atoms with Gasteiger partial charge in [-0.25, -0.2) is 0 Å². The van der Waals surface area contributed by atoms with Crippen molar-refractivity contribution in [1.82, 2.24) is 5.32 Å². The molecule has 15 atom stereocenters. The van der Waals surface area contributed by atoms with E-state index in [2.05, 4.69) is 5.32 Å². The van der Waals surface area contributed by atoms with E-state index in [-0.39, 0.29) is 0 Å². The number of hydrogen-bond acceptors (Lipinski definition) is 16. The maximum absolute atomic E-state index is 11.6. The van der Waals surface area contributed by atoms with Crippen LogP contribution in [0.5, 0.6) is 0 Å². The highest BCUT2D eigenvalue weighted by molar-refractivity contribution is 5.73. The number of aliphatic hydroxyl groups excluding tert-OH is 10. The van der Waals surface area contributed by atoms with Crippen LogP contribution in [-0.4, -0.2) is 169 Å². The topological polar surface area (TPSA) is 278 Å². The first kappa shape index (κ1) is 30.4. The molecule has 0 aliphatic carbocycles. The van der Waals surface area contributed by atoms with E-state index in [0.29, 0.717) is 0 Å². The van der Waals surface area contributed by atoms with Gasteiger partial charge in [-0.3, -0.25) is 4.79 Å². The minimum absolute atomic E-state index is 0.638. The van der Waals surface area contributed by atoms with Gasteiger partial charge in [-0.1, -0.05) is 0 Å². The van der Waals surface area contributed by atoms with Crippen molar-refractivity contribution >= 4 is 5.91 Å². The molecule has 1 amide bonds. The number of amides is 1. The summed E-state index contributed by atoms with van der Waals surface area (Å²) < 4.78 is 26.8. The van der Waals surface area contributed by atoms with E-state index in [1.807, 2.05) is 0 Å². The molecule has 1 unspecified atom stereocenters. The highest BCUT2D eigenvalue weighted by Crippen LogP contribution is 2.32. The fourth-order valence-electron chi connectivity index (χ4n) is 4.46. The van der Waals surface area contributed by atoms with Crippen molar-refractivity contribution in [2.75, 3.05) is 19.8 Å². The molecule has 0 spiro atoms. The molecule has 0 aromatic rings. The van der Waals surface area contributed by atoms with Gasteiger partial charge in [-0.05, 0) is 0 Å². The third-order valence-electron chi connectivity index (χ3n) is 6.49. The zero-order chi connectivity index (χ0) is 27.6. The van der Waals surface area contributed by atoms with Gasteiger partial charge in [-0.15, -0.1) is 0 Å². The highest BCUT2D eigenvalue weighted by atomic mass is 16.7. The van der Waals surface area contributed by atoms with Crippen molar-refractivity contribution in [3.63, 3.8) is 0 Å². The van der Waals surface area contributed by atoms with Crippen LogP contribution in [0.2, 0.25) is 0 Å². The monoisotopic (exact) mass is 545 g/mol. The van der Waals surface area contributed by atoms with Gasteiger partial charge < -0.3 is 80.1 Å². The van der Waals surface area contributed by atoms with Gasteiger partial charge in [0.2, 0.25) is 5.91 Å². The van der Waals surface area contributed by atoms with Crippen LogP contribution in [0.15, 0.2) is 0 Å². The lowest BCUT2D eigenvalue weighted by Crippen LogP contribution is -2.68. The van der Waals surface area contributed by atoms with Gasteiger partial charge in [0.25, 0.3) is 0 Å². The molecule has 0 aromatic heterocycles. The zero-order valence-electron chi connectivity index (χ0n) is 19.7. The smallest absolute Gasteiger partial charge is 0.217 e. The molecule has 0 saturated carbocycles. The Bertz CT molecular complexity index is 745. The lowest BCUT2D eigenvalue weighted by molar-refractivity contribution is -0.372. The van der Waals surface area contributed by atoms with E-state index in [0.717, 1.165) is 6.92 Å². The van der Waals surface area contributed by atoms with Gasteiger partial charge in [-0.2, -0.15) is 0 Å². The van der Waals surface area contributed by atoms with Gasteiger partial charge in [0.05, 0.1) is 19.8 Å². The fourth-order valence-corrected chi connectivity index (χ4v) is 4.46. The summed E-state index contributed by atoms with van der Waals surface area (Å²) in [6.45, 7) is -1.20. The van der Waals surface area contributed by atoms with Crippen molar-refractivity contribution in [2.24, 2.45) is 0 Å². The van der Waals surface area contributed by atoms with Crippen molar-refractivity contribution in [2.45, 2.75) is 99.0 Å². The molecule has 0 radical (unpaired) electrons. The van der Waals surface area contributed by atoms with Crippen LogP contribution >= 0.6 is 0 Å². The second-order valence-electron chi connectivity index (χ2n) is 9.07. The predicted octanol–water partition coefficient (Wildman–Crippen LogP) is -7.43. The number of rotatable bonds is 8. The molecule has 17 nitrogen and oxygen atoms in total. The first-order chi connectivity index (χ1) is 17.4. The molecule has 0 aromatic carbocycles. The Morgan fingerprint density at radius 1 is 0.649 bits per heavy atom. The molecule has 11 N–H and O–H groups in total. The zero-order valence-corrected chi connectivity index (χ0v) is 19.7. The second-order valence-corrected chi connectivity index (χ2v) is 9.07. The number of ether oxygens (including phenoxy) is 5. The molecular formula is C20H35NO16. The molecule has 3 fully saturated rings. The van der Waals surface area contributed by atoms with Gasteiger partial charge in [0.1, 0.15) is 73.2 Å². The number of carbonyl (C=O) groups is 1. The molecule has 0 bridgehead atoms. The summed E-state index contributed by atoms with van der Waals surface area (Å²) in [4.78, 5) is 11.6. The van der Waals surface area contributed by atoms with E-state index < -0.39 is 118 Å².